The summed E-state index contributed by atoms with van der Waals surface area (Å²) < 4.78 is 25.6. The lowest BCUT2D eigenvalue weighted by Gasteiger charge is -1.99. The number of hydrogen-bond donors (Lipinski definition) is 2. The molecule has 3 N–H and O–H groups in total. The Kier molecular flexibility index (Phi) is 2.20. The number of hydrogen-bond acceptors (Lipinski definition) is 6. The summed E-state index contributed by atoms with van der Waals surface area (Å²) in [5.41, 5.74) is 5.30. The summed E-state index contributed by atoms with van der Waals surface area (Å²) in [4.78, 5) is 0. The van der Waals surface area contributed by atoms with Crippen LogP contribution >= 0.6 is 11.3 Å². The minimum Gasteiger partial charge on any atom is -0.374 e. The maximum Gasteiger partial charge on any atom is 0.270 e. The second kappa shape index (κ2) is 3.14. The largest absolute Gasteiger partial charge is 0.374 e. The molecule has 1 saturated carbocycles. The van der Waals surface area contributed by atoms with Crippen LogP contribution in [0.5, 0.6) is 0 Å². The highest BCUT2D eigenvalue weighted by molar-refractivity contribution is 7.91. The molecule has 1 aliphatic carbocycles. The van der Waals surface area contributed by atoms with E-state index in [4.69, 9.17) is 5.73 Å². The Morgan fingerprint density at radius 3 is 2.64 bits per heavy atom. The zero-order chi connectivity index (χ0) is 10.3. The Bertz CT molecular complexity index is 440. The lowest BCUT2D eigenvalue weighted by molar-refractivity contribution is 0.576. The molecule has 0 radical (unpaired) electrons. The Balaban J connectivity index is 2.16. The van der Waals surface area contributed by atoms with Gasteiger partial charge in [-0.15, -0.1) is 10.2 Å². The highest BCUT2D eigenvalue weighted by Gasteiger charge is 2.37. The number of rotatable bonds is 3. The zero-order valence-corrected chi connectivity index (χ0v) is 9.10. The number of nitrogens with zero attached hydrogens (tertiary/aromatic N) is 2. The molecule has 2 atom stereocenters. The minimum absolute atomic E-state index is 0.0464. The molecular formula is C6H10N4O2S2. The molecule has 8 heteroatoms. The lowest BCUT2D eigenvalue weighted by Crippen LogP contribution is -2.26. The fourth-order valence-corrected chi connectivity index (χ4v) is 3.22. The van der Waals surface area contributed by atoms with Crippen molar-refractivity contribution in [3.63, 3.8) is 0 Å². The van der Waals surface area contributed by atoms with Gasteiger partial charge in [-0.3, -0.25) is 0 Å². The van der Waals surface area contributed by atoms with Gasteiger partial charge in [-0.2, -0.15) is 0 Å². The quantitative estimate of drug-likeness (QED) is 0.755. The second-order valence-electron chi connectivity index (χ2n) is 3.35. The van der Waals surface area contributed by atoms with Crippen molar-refractivity contribution in [1.82, 2.24) is 14.9 Å². The van der Waals surface area contributed by atoms with E-state index in [2.05, 4.69) is 14.9 Å². The average Bonchev–Trinajstić information content (AvgIpc) is 2.61. The standard InChI is InChI=1S/C6H10N4O2S2/c1-3-2-4(3)10-14(11,12)6-9-8-5(7)13-6/h3-4,10H,2H2,1H3,(H2,7,8). The smallest absolute Gasteiger partial charge is 0.270 e. The third kappa shape index (κ3) is 1.86. The summed E-state index contributed by atoms with van der Waals surface area (Å²) in [6.45, 7) is 1.99. The third-order valence-corrected chi connectivity index (χ3v) is 4.68. The summed E-state index contributed by atoms with van der Waals surface area (Å²) in [5, 5.41) is 7.10. The van der Waals surface area contributed by atoms with Gasteiger partial charge in [0.2, 0.25) is 9.47 Å². The van der Waals surface area contributed by atoms with Crippen LogP contribution in [0, 0.1) is 5.92 Å². The number of anilines is 1. The van der Waals surface area contributed by atoms with Gasteiger partial charge in [-0.1, -0.05) is 18.3 Å². The maximum absolute atomic E-state index is 11.6. The normalized spacial score (nSPS) is 26.4. The van der Waals surface area contributed by atoms with Gasteiger partial charge in [-0.05, 0) is 12.3 Å². The van der Waals surface area contributed by atoms with Crippen LogP contribution in [0.15, 0.2) is 4.34 Å². The second-order valence-corrected chi connectivity index (χ2v) is 6.24. The number of nitrogen functional groups attached to an aromatic ring is 1. The fourth-order valence-electron chi connectivity index (χ4n) is 1.06. The van der Waals surface area contributed by atoms with Gasteiger partial charge in [0.05, 0.1) is 0 Å². The van der Waals surface area contributed by atoms with Gasteiger partial charge in [0.15, 0.2) is 0 Å². The Hall–Kier alpha value is -0.730. The number of nitrogens with two attached hydrogens (primary N) is 1. The molecule has 0 aliphatic heterocycles. The van der Waals surface area contributed by atoms with Crippen LogP contribution in [0.3, 0.4) is 0 Å². The molecule has 0 saturated heterocycles. The molecule has 0 spiro atoms. The van der Waals surface area contributed by atoms with Crippen molar-refractivity contribution in [1.29, 1.82) is 0 Å². The van der Waals surface area contributed by atoms with Crippen LogP contribution in [-0.2, 0) is 10.0 Å². The highest BCUT2D eigenvalue weighted by atomic mass is 32.2. The predicted octanol–water partition coefficient (Wildman–Crippen LogP) is -0.193. The van der Waals surface area contributed by atoms with E-state index >= 15 is 0 Å². The molecule has 2 rings (SSSR count). The first kappa shape index (κ1) is 9.81. The SMILES string of the molecule is CC1CC1NS(=O)(=O)c1nnc(N)s1. The maximum atomic E-state index is 11.6. The van der Waals surface area contributed by atoms with E-state index in [1.54, 1.807) is 0 Å². The first-order valence-corrected chi connectivity index (χ1v) is 6.40. The Morgan fingerprint density at radius 2 is 2.21 bits per heavy atom. The van der Waals surface area contributed by atoms with Gasteiger partial charge in [0.25, 0.3) is 10.0 Å². The van der Waals surface area contributed by atoms with Crippen LogP contribution < -0.4 is 10.5 Å². The molecule has 1 aromatic rings. The Morgan fingerprint density at radius 1 is 1.57 bits per heavy atom. The van der Waals surface area contributed by atoms with Crippen molar-refractivity contribution < 1.29 is 8.42 Å². The van der Waals surface area contributed by atoms with Crippen LogP contribution in [0.4, 0.5) is 5.13 Å². The van der Waals surface area contributed by atoms with Crippen molar-refractivity contribution in [2.45, 2.75) is 23.7 Å². The first-order valence-electron chi connectivity index (χ1n) is 4.10. The van der Waals surface area contributed by atoms with Crippen LogP contribution in [0.2, 0.25) is 0 Å². The van der Waals surface area contributed by atoms with E-state index in [1.807, 2.05) is 6.92 Å². The van der Waals surface area contributed by atoms with Gasteiger partial charge in [0.1, 0.15) is 0 Å². The van der Waals surface area contributed by atoms with Crippen LogP contribution in [0.1, 0.15) is 13.3 Å². The minimum atomic E-state index is -3.49. The van der Waals surface area contributed by atoms with Crippen molar-refractivity contribution in [2.24, 2.45) is 5.92 Å². The molecule has 0 aromatic carbocycles. The Labute approximate surface area is 85.6 Å². The van der Waals surface area contributed by atoms with Crippen molar-refractivity contribution in [3.05, 3.63) is 0 Å². The summed E-state index contributed by atoms with van der Waals surface area (Å²) in [7, 11) is -3.49. The van der Waals surface area contributed by atoms with Crippen LogP contribution in [-0.4, -0.2) is 24.7 Å². The third-order valence-electron chi connectivity index (χ3n) is 2.07. The molecule has 1 fully saturated rings. The van der Waals surface area contributed by atoms with Crippen molar-refractivity contribution in [3.8, 4) is 0 Å². The first-order chi connectivity index (χ1) is 6.49. The molecule has 78 valence electrons. The van der Waals surface area contributed by atoms with E-state index in [9.17, 15) is 8.42 Å². The predicted molar refractivity (Wildman–Crippen MR) is 52.2 cm³/mol. The number of aromatic nitrogens is 2. The number of nitrogens with one attached hydrogen (secondary N) is 1. The molecule has 1 aromatic heterocycles. The van der Waals surface area contributed by atoms with Crippen molar-refractivity contribution >= 4 is 26.5 Å². The van der Waals surface area contributed by atoms with E-state index < -0.39 is 10.0 Å². The van der Waals surface area contributed by atoms with Crippen molar-refractivity contribution in [2.75, 3.05) is 5.73 Å². The monoisotopic (exact) mass is 234 g/mol. The van der Waals surface area contributed by atoms with Gasteiger partial charge < -0.3 is 5.73 Å². The summed E-state index contributed by atoms with van der Waals surface area (Å²) >= 11 is 0.871. The van der Waals surface area contributed by atoms with Crippen LogP contribution in [0.25, 0.3) is 0 Å². The molecule has 14 heavy (non-hydrogen) atoms. The molecule has 1 aliphatic rings. The molecule has 2 unspecified atom stereocenters. The van der Waals surface area contributed by atoms with E-state index in [0.717, 1.165) is 17.8 Å². The highest BCUT2D eigenvalue weighted by Crippen LogP contribution is 2.31. The topological polar surface area (TPSA) is 98.0 Å². The average molecular weight is 234 g/mol. The summed E-state index contributed by atoms with van der Waals surface area (Å²) in [6, 6.07) is 0.0464. The summed E-state index contributed by atoms with van der Waals surface area (Å²) in [6.07, 6.45) is 0.882. The van der Waals surface area contributed by atoms with Gasteiger partial charge >= 0.3 is 0 Å². The lowest BCUT2D eigenvalue weighted by atomic mass is 10.5. The molecular weight excluding hydrogens is 224 g/mol. The summed E-state index contributed by atoms with van der Waals surface area (Å²) in [5.74, 6) is 0.412. The molecule has 0 bridgehead atoms. The molecule has 6 nitrogen and oxygen atoms in total. The van der Waals surface area contributed by atoms with E-state index in [1.165, 1.54) is 0 Å². The zero-order valence-electron chi connectivity index (χ0n) is 7.47. The van der Waals surface area contributed by atoms with E-state index in [-0.39, 0.29) is 15.5 Å². The van der Waals surface area contributed by atoms with Gasteiger partial charge in [0, 0.05) is 6.04 Å². The van der Waals surface area contributed by atoms with E-state index in [0.29, 0.717) is 5.92 Å². The van der Waals surface area contributed by atoms with Gasteiger partial charge in [-0.25, -0.2) is 13.1 Å². The molecule has 0 amide bonds. The molecule has 1 heterocycles. The number of sulfonamides is 1. The fraction of sp³-hybridized carbons (Fsp3) is 0.667.